The van der Waals surface area contributed by atoms with E-state index in [0.717, 1.165) is 52.5 Å². The Balaban J connectivity index is 1.61. The van der Waals surface area contributed by atoms with Crippen molar-refractivity contribution in [2.75, 3.05) is 13.6 Å². The third-order valence-electron chi connectivity index (χ3n) is 5.71. The molecule has 5 heteroatoms. The molecule has 5 nitrogen and oxygen atoms in total. The molecule has 26 heavy (non-hydrogen) atoms. The fourth-order valence-electron chi connectivity index (χ4n) is 4.59. The lowest BCUT2D eigenvalue weighted by Gasteiger charge is -2.28. The van der Waals surface area contributed by atoms with E-state index in [4.69, 9.17) is 18.9 Å². The maximum atomic E-state index is 12.8. The van der Waals surface area contributed by atoms with Crippen LogP contribution >= 0.6 is 0 Å². The Hall–Kier alpha value is -2.95. The molecule has 1 atom stereocenters. The Morgan fingerprint density at radius 3 is 2.58 bits per heavy atom. The van der Waals surface area contributed by atoms with Crippen LogP contribution in [0, 0.1) is 0 Å². The molecule has 0 fully saturated rings. The highest BCUT2D eigenvalue weighted by Crippen LogP contribution is 2.52. The van der Waals surface area contributed by atoms with E-state index < -0.39 is 0 Å². The molecule has 0 saturated heterocycles. The standard InChI is InChI=1S/C21H16O5/c22-15-5-4-11-6-12-7-17-18(25-9-24-17)8-14(12)20(19(11)15)13-2-1-3-16-21(13)26-10-23-16/h1-3,7-8,20H,4-6,9-10H2. The van der Waals surface area contributed by atoms with Gasteiger partial charge >= 0.3 is 0 Å². The van der Waals surface area contributed by atoms with Crippen molar-refractivity contribution in [2.45, 2.75) is 25.2 Å². The number of hydrogen-bond donors (Lipinski definition) is 0. The van der Waals surface area contributed by atoms with E-state index in [1.54, 1.807) is 0 Å². The van der Waals surface area contributed by atoms with E-state index in [9.17, 15) is 4.79 Å². The summed E-state index contributed by atoms with van der Waals surface area (Å²) in [6.07, 6.45) is 2.23. The quantitative estimate of drug-likeness (QED) is 0.790. The van der Waals surface area contributed by atoms with E-state index in [1.807, 2.05) is 24.3 Å². The van der Waals surface area contributed by atoms with Crippen molar-refractivity contribution in [3.05, 3.63) is 58.2 Å². The maximum absolute atomic E-state index is 12.8. The van der Waals surface area contributed by atoms with E-state index in [1.165, 1.54) is 11.1 Å². The fourth-order valence-corrected chi connectivity index (χ4v) is 4.59. The molecule has 2 aliphatic heterocycles. The predicted molar refractivity (Wildman–Crippen MR) is 91.9 cm³/mol. The van der Waals surface area contributed by atoms with E-state index in [2.05, 4.69) is 6.07 Å². The van der Waals surface area contributed by atoms with Crippen LogP contribution in [0.5, 0.6) is 23.0 Å². The van der Waals surface area contributed by atoms with Gasteiger partial charge in [0.15, 0.2) is 28.8 Å². The number of hydrogen-bond acceptors (Lipinski definition) is 5. The highest BCUT2D eigenvalue weighted by atomic mass is 16.7. The van der Waals surface area contributed by atoms with Gasteiger partial charge in [0.1, 0.15) is 0 Å². The van der Waals surface area contributed by atoms with Gasteiger partial charge in [-0.3, -0.25) is 4.79 Å². The monoisotopic (exact) mass is 348 g/mol. The van der Waals surface area contributed by atoms with Gasteiger partial charge in [-0.1, -0.05) is 17.7 Å². The summed E-state index contributed by atoms with van der Waals surface area (Å²) >= 11 is 0. The molecule has 2 aromatic carbocycles. The number of rotatable bonds is 1. The molecule has 0 aromatic heterocycles. The van der Waals surface area contributed by atoms with Crippen LogP contribution in [0.1, 0.15) is 35.4 Å². The van der Waals surface area contributed by atoms with Crippen molar-refractivity contribution in [1.29, 1.82) is 0 Å². The number of carbonyl (C=O) groups excluding carboxylic acids is 1. The number of fused-ring (bicyclic) bond motifs is 3. The fraction of sp³-hybridized carbons (Fsp3) is 0.286. The SMILES string of the molecule is O=C1CCC2=C1C(c1cccc3c1OCO3)c1cc3c(cc1C2)OCO3. The molecule has 2 aliphatic carbocycles. The Morgan fingerprint density at radius 1 is 0.846 bits per heavy atom. The molecule has 0 N–H and O–H groups in total. The van der Waals surface area contributed by atoms with Crippen LogP contribution in [-0.4, -0.2) is 19.4 Å². The molecule has 0 amide bonds. The zero-order valence-electron chi connectivity index (χ0n) is 14.0. The Morgan fingerprint density at radius 2 is 1.65 bits per heavy atom. The van der Waals surface area contributed by atoms with E-state index >= 15 is 0 Å². The normalized spacial score (nSPS) is 21.8. The highest BCUT2D eigenvalue weighted by molar-refractivity contribution is 6.02. The lowest BCUT2D eigenvalue weighted by Crippen LogP contribution is -2.18. The van der Waals surface area contributed by atoms with E-state index in [0.29, 0.717) is 6.42 Å². The second kappa shape index (κ2) is 5.04. The van der Waals surface area contributed by atoms with Gasteiger partial charge in [0.25, 0.3) is 0 Å². The van der Waals surface area contributed by atoms with E-state index in [-0.39, 0.29) is 25.3 Å². The summed E-state index contributed by atoms with van der Waals surface area (Å²) in [6.45, 7) is 0.458. The zero-order chi connectivity index (χ0) is 17.3. The van der Waals surface area contributed by atoms with Gasteiger partial charge in [-0.05, 0) is 42.2 Å². The second-order valence-corrected chi connectivity index (χ2v) is 7.04. The smallest absolute Gasteiger partial charge is 0.231 e. The molecular formula is C21H16O5. The molecule has 2 aromatic rings. The summed E-state index contributed by atoms with van der Waals surface area (Å²) in [5.74, 6) is 3.11. The summed E-state index contributed by atoms with van der Waals surface area (Å²) in [5.41, 5.74) is 5.46. The highest BCUT2D eigenvalue weighted by Gasteiger charge is 2.39. The van der Waals surface area contributed by atoms with Gasteiger partial charge in [0.2, 0.25) is 13.6 Å². The minimum Gasteiger partial charge on any atom is -0.454 e. The van der Waals surface area contributed by atoms with Crippen LogP contribution < -0.4 is 18.9 Å². The molecule has 1 unspecified atom stereocenters. The zero-order valence-corrected chi connectivity index (χ0v) is 14.0. The molecular weight excluding hydrogens is 332 g/mol. The second-order valence-electron chi connectivity index (χ2n) is 7.04. The first kappa shape index (κ1) is 14.2. The lowest BCUT2D eigenvalue weighted by molar-refractivity contribution is -0.115. The van der Waals surface area contributed by atoms with Gasteiger partial charge in [-0.2, -0.15) is 0 Å². The van der Waals surface area contributed by atoms with Crippen molar-refractivity contribution in [3.63, 3.8) is 0 Å². The van der Waals surface area contributed by atoms with Gasteiger partial charge < -0.3 is 18.9 Å². The number of ketones is 1. The predicted octanol–water partition coefficient (Wildman–Crippen LogP) is 3.49. The van der Waals surface area contributed by atoms with Crippen LogP contribution in [0.15, 0.2) is 41.5 Å². The number of ether oxygens (including phenoxy) is 4. The van der Waals surface area contributed by atoms with Crippen molar-refractivity contribution in [3.8, 4) is 23.0 Å². The van der Waals surface area contributed by atoms with Crippen LogP contribution in [0.3, 0.4) is 0 Å². The summed E-state index contributed by atoms with van der Waals surface area (Å²) in [7, 11) is 0. The van der Waals surface area contributed by atoms with Crippen LogP contribution in [-0.2, 0) is 11.2 Å². The molecule has 4 aliphatic rings. The maximum Gasteiger partial charge on any atom is 0.231 e. The van der Waals surface area contributed by atoms with Crippen LogP contribution in [0.2, 0.25) is 0 Å². The lowest BCUT2D eigenvalue weighted by atomic mass is 9.75. The molecule has 130 valence electrons. The third-order valence-corrected chi connectivity index (χ3v) is 5.71. The molecule has 2 heterocycles. The van der Waals surface area contributed by atoms with Crippen molar-refractivity contribution >= 4 is 5.78 Å². The van der Waals surface area contributed by atoms with Gasteiger partial charge in [0, 0.05) is 23.5 Å². The first-order valence-electron chi connectivity index (χ1n) is 8.85. The average Bonchev–Trinajstić information content (AvgIpc) is 3.37. The molecule has 0 spiro atoms. The van der Waals surface area contributed by atoms with Crippen LogP contribution in [0.25, 0.3) is 0 Å². The Labute approximate surface area is 150 Å². The molecule has 6 rings (SSSR count). The van der Waals surface area contributed by atoms with Crippen molar-refractivity contribution in [2.24, 2.45) is 0 Å². The van der Waals surface area contributed by atoms with Crippen molar-refractivity contribution in [1.82, 2.24) is 0 Å². The Kier molecular flexibility index (Phi) is 2.76. The van der Waals surface area contributed by atoms with Gasteiger partial charge in [-0.15, -0.1) is 0 Å². The molecule has 0 saturated carbocycles. The molecule has 0 radical (unpaired) electrons. The number of carbonyl (C=O) groups is 1. The van der Waals surface area contributed by atoms with Crippen molar-refractivity contribution < 1.29 is 23.7 Å². The third kappa shape index (κ3) is 1.83. The first-order valence-corrected chi connectivity index (χ1v) is 8.85. The summed E-state index contributed by atoms with van der Waals surface area (Å²) in [4.78, 5) is 12.8. The van der Waals surface area contributed by atoms with Crippen LogP contribution in [0.4, 0.5) is 0 Å². The number of para-hydroxylation sites is 1. The summed E-state index contributed by atoms with van der Waals surface area (Å²) in [5, 5.41) is 0. The largest absolute Gasteiger partial charge is 0.454 e. The summed E-state index contributed by atoms with van der Waals surface area (Å²) < 4.78 is 22.5. The minimum absolute atomic E-state index is 0.144. The first-order chi connectivity index (χ1) is 12.8. The van der Waals surface area contributed by atoms with Gasteiger partial charge in [0.05, 0.1) is 0 Å². The topological polar surface area (TPSA) is 54.0 Å². The average molecular weight is 348 g/mol. The number of allylic oxidation sites excluding steroid dienone is 2. The summed E-state index contributed by atoms with van der Waals surface area (Å²) in [6, 6.07) is 10.0. The number of benzene rings is 2. The Bertz CT molecular complexity index is 1000. The number of Topliss-reactive ketones (excluding diaryl/α,β-unsaturated/α-hetero) is 1. The van der Waals surface area contributed by atoms with Gasteiger partial charge in [-0.25, -0.2) is 0 Å². The molecule has 0 bridgehead atoms. The minimum atomic E-state index is -0.144.